The quantitative estimate of drug-likeness (QED) is 0.862. The van der Waals surface area contributed by atoms with E-state index in [9.17, 15) is 0 Å². The molecule has 0 saturated heterocycles. The van der Waals surface area contributed by atoms with Gasteiger partial charge in [0, 0.05) is 10.0 Å². The molecule has 0 amide bonds. The van der Waals surface area contributed by atoms with E-state index >= 15 is 0 Å². The molecule has 0 atom stereocenters. The second-order valence-electron chi connectivity index (χ2n) is 3.68. The van der Waals surface area contributed by atoms with Crippen LogP contribution >= 0.6 is 15.9 Å². The molecule has 2 aromatic rings. The van der Waals surface area contributed by atoms with Gasteiger partial charge < -0.3 is 9.73 Å². The Morgan fingerprint density at radius 2 is 2.00 bits per heavy atom. The fraction of sp³-hybridized carbons (Fsp3) is 0.333. The lowest BCUT2D eigenvalue weighted by atomic mass is 10.2. The summed E-state index contributed by atoms with van der Waals surface area (Å²) in [7, 11) is 0. The van der Waals surface area contributed by atoms with Crippen molar-refractivity contribution in [2.24, 2.45) is 0 Å². The van der Waals surface area contributed by atoms with Crippen molar-refractivity contribution in [3.05, 3.63) is 34.6 Å². The minimum Gasteiger partial charge on any atom is -0.419 e. The van der Waals surface area contributed by atoms with Crippen molar-refractivity contribution in [3.63, 3.8) is 0 Å². The Morgan fingerprint density at radius 1 is 1.24 bits per heavy atom. The van der Waals surface area contributed by atoms with E-state index < -0.39 is 0 Å². The summed E-state index contributed by atoms with van der Waals surface area (Å²) in [6.45, 7) is 3.70. The summed E-state index contributed by atoms with van der Waals surface area (Å²) in [6, 6.07) is 7.80. The van der Waals surface area contributed by atoms with Crippen LogP contribution in [0.4, 0.5) is 0 Å². The summed E-state index contributed by atoms with van der Waals surface area (Å²) in [5, 5.41) is 11.2. The summed E-state index contributed by atoms with van der Waals surface area (Å²) >= 11 is 3.39. The van der Waals surface area contributed by atoms with E-state index in [-0.39, 0.29) is 0 Å². The molecule has 5 heteroatoms. The Morgan fingerprint density at radius 3 is 2.71 bits per heavy atom. The van der Waals surface area contributed by atoms with Gasteiger partial charge in [-0.25, -0.2) is 0 Å². The molecule has 2 rings (SSSR count). The zero-order valence-corrected chi connectivity index (χ0v) is 11.2. The third-order valence-electron chi connectivity index (χ3n) is 2.26. The molecule has 1 aromatic heterocycles. The fourth-order valence-electron chi connectivity index (χ4n) is 1.41. The van der Waals surface area contributed by atoms with Crippen LogP contribution in [0, 0.1) is 0 Å². The van der Waals surface area contributed by atoms with Gasteiger partial charge in [0.25, 0.3) is 0 Å². The van der Waals surface area contributed by atoms with E-state index in [1.807, 2.05) is 24.3 Å². The molecule has 90 valence electrons. The molecular weight excluding hydrogens is 282 g/mol. The van der Waals surface area contributed by atoms with Crippen molar-refractivity contribution in [2.45, 2.75) is 19.9 Å². The number of aromatic nitrogens is 2. The number of rotatable bonds is 5. The highest BCUT2D eigenvalue weighted by Gasteiger charge is 2.07. The first-order valence-corrected chi connectivity index (χ1v) is 6.38. The largest absolute Gasteiger partial charge is 0.419 e. The van der Waals surface area contributed by atoms with Crippen molar-refractivity contribution < 1.29 is 4.42 Å². The first kappa shape index (κ1) is 12.3. The van der Waals surface area contributed by atoms with Crippen molar-refractivity contribution in [2.75, 3.05) is 6.54 Å². The maximum absolute atomic E-state index is 5.56. The van der Waals surface area contributed by atoms with E-state index in [0.29, 0.717) is 18.3 Å². The van der Waals surface area contributed by atoms with E-state index in [4.69, 9.17) is 4.42 Å². The van der Waals surface area contributed by atoms with Crippen molar-refractivity contribution in [1.82, 2.24) is 15.5 Å². The monoisotopic (exact) mass is 295 g/mol. The molecule has 1 N–H and O–H groups in total. The molecule has 0 aliphatic rings. The van der Waals surface area contributed by atoms with Gasteiger partial charge in [0.1, 0.15) is 0 Å². The Labute approximate surface area is 109 Å². The maximum Gasteiger partial charge on any atom is 0.247 e. The third-order valence-corrected chi connectivity index (χ3v) is 2.79. The van der Waals surface area contributed by atoms with Crippen LogP contribution in [-0.4, -0.2) is 16.7 Å². The van der Waals surface area contributed by atoms with Gasteiger partial charge in [-0.2, -0.15) is 0 Å². The van der Waals surface area contributed by atoms with Crippen molar-refractivity contribution >= 4 is 15.9 Å². The van der Waals surface area contributed by atoms with Gasteiger partial charge in [0.2, 0.25) is 11.8 Å². The van der Waals surface area contributed by atoms with Crippen LogP contribution in [-0.2, 0) is 6.54 Å². The van der Waals surface area contributed by atoms with Crippen LogP contribution < -0.4 is 5.32 Å². The van der Waals surface area contributed by atoms with E-state index in [1.54, 1.807) is 0 Å². The van der Waals surface area contributed by atoms with Gasteiger partial charge >= 0.3 is 0 Å². The van der Waals surface area contributed by atoms with E-state index in [0.717, 1.165) is 23.0 Å². The minimum absolute atomic E-state index is 0.561. The lowest BCUT2D eigenvalue weighted by molar-refractivity contribution is 0.477. The first-order chi connectivity index (χ1) is 8.29. The lowest BCUT2D eigenvalue weighted by Gasteiger charge is -1.97. The summed E-state index contributed by atoms with van der Waals surface area (Å²) in [5.74, 6) is 1.18. The highest BCUT2D eigenvalue weighted by atomic mass is 79.9. The van der Waals surface area contributed by atoms with Crippen LogP contribution in [0.15, 0.2) is 33.2 Å². The molecule has 1 aromatic carbocycles. The smallest absolute Gasteiger partial charge is 0.247 e. The molecule has 0 spiro atoms. The third kappa shape index (κ3) is 3.38. The van der Waals surface area contributed by atoms with Crippen LogP contribution in [0.1, 0.15) is 19.2 Å². The van der Waals surface area contributed by atoms with Crippen molar-refractivity contribution in [3.8, 4) is 11.5 Å². The molecule has 0 radical (unpaired) electrons. The standard InChI is InChI=1S/C12H14BrN3O/c1-2-7-14-8-11-15-16-12(17-11)9-3-5-10(13)6-4-9/h3-6,14H,2,7-8H2,1H3. The summed E-state index contributed by atoms with van der Waals surface area (Å²) < 4.78 is 6.59. The SMILES string of the molecule is CCCNCc1nnc(-c2ccc(Br)cc2)o1. The number of hydrogen-bond donors (Lipinski definition) is 1. The van der Waals surface area contributed by atoms with Crippen LogP contribution in [0.3, 0.4) is 0 Å². The second-order valence-corrected chi connectivity index (χ2v) is 4.60. The zero-order chi connectivity index (χ0) is 12.1. The summed E-state index contributed by atoms with van der Waals surface area (Å²) in [4.78, 5) is 0. The highest BCUT2D eigenvalue weighted by Crippen LogP contribution is 2.20. The van der Waals surface area contributed by atoms with E-state index in [2.05, 4.69) is 38.4 Å². The Bertz CT molecular complexity index is 467. The van der Waals surface area contributed by atoms with Crippen LogP contribution in [0.25, 0.3) is 11.5 Å². The van der Waals surface area contributed by atoms with Gasteiger partial charge in [-0.05, 0) is 37.2 Å². The topological polar surface area (TPSA) is 51.0 Å². The first-order valence-electron chi connectivity index (χ1n) is 5.58. The predicted molar refractivity (Wildman–Crippen MR) is 69.4 cm³/mol. The maximum atomic E-state index is 5.56. The molecule has 0 aliphatic carbocycles. The number of benzene rings is 1. The summed E-state index contributed by atoms with van der Waals surface area (Å²) in [5.41, 5.74) is 0.933. The predicted octanol–water partition coefficient (Wildman–Crippen LogP) is 3.00. The molecular formula is C12H14BrN3O. The summed E-state index contributed by atoms with van der Waals surface area (Å²) in [6.07, 6.45) is 1.09. The molecule has 0 bridgehead atoms. The lowest BCUT2D eigenvalue weighted by Crippen LogP contribution is -2.13. The van der Waals surface area contributed by atoms with Gasteiger partial charge in [0.15, 0.2) is 0 Å². The minimum atomic E-state index is 0.561. The Kier molecular flexibility index (Phi) is 4.28. The number of nitrogens with one attached hydrogen (secondary N) is 1. The zero-order valence-electron chi connectivity index (χ0n) is 9.61. The number of halogens is 1. The number of nitrogens with zero attached hydrogens (tertiary/aromatic N) is 2. The van der Waals surface area contributed by atoms with Crippen LogP contribution in [0.5, 0.6) is 0 Å². The van der Waals surface area contributed by atoms with Gasteiger partial charge in [-0.3, -0.25) is 0 Å². The Balaban J connectivity index is 2.04. The number of hydrogen-bond acceptors (Lipinski definition) is 4. The highest BCUT2D eigenvalue weighted by molar-refractivity contribution is 9.10. The molecule has 0 saturated carbocycles. The Hall–Kier alpha value is -1.20. The molecule has 0 fully saturated rings. The molecule has 0 aliphatic heterocycles. The molecule has 1 heterocycles. The van der Waals surface area contributed by atoms with Crippen LogP contribution in [0.2, 0.25) is 0 Å². The second kappa shape index (κ2) is 5.93. The average Bonchev–Trinajstić information content (AvgIpc) is 2.79. The van der Waals surface area contributed by atoms with Crippen molar-refractivity contribution in [1.29, 1.82) is 0 Å². The normalized spacial score (nSPS) is 10.7. The van der Waals surface area contributed by atoms with Gasteiger partial charge in [-0.15, -0.1) is 10.2 Å². The van der Waals surface area contributed by atoms with E-state index in [1.165, 1.54) is 0 Å². The molecule has 4 nitrogen and oxygen atoms in total. The average molecular weight is 296 g/mol. The fourth-order valence-corrected chi connectivity index (χ4v) is 1.67. The molecule has 17 heavy (non-hydrogen) atoms. The van der Waals surface area contributed by atoms with Gasteiger partial charge in [-0.1, -0.05) is 22.9 Å². The van der Waals surface area contributed by atoms with Gasteiger partial charge in [0.05, 0.1) is 6.54 Å². The molecule has 0 unspecified atom stereocenters.